The van der Waals surface area contributed by atoms with E-state index >= 15 is 0 Å². The minimum atomic E-state index is -3.49. The number of carboxylic acid groups (broad SMARTS) is 1. The van der Waals surface area contributed by atoms with E-state index in [2.05, 4.69) is 0 Å². The highest BCUT2D eigenvalue weighted by Gasteiger charge is 2.19. The van der Waals surface area contributed by atoms with E-state index in [9.17, 15) is 18.0 Å². The highest BCUT2D eigenvalue weighted by Crippen LogP contribution is 2.25. The van der Waals surface area contributed by atoms with Crippen molar-refractivity contribution in [3.63, 3.8) is 0 Å². The van der Waals surface area contributed by atoms with Crippen LogP contribution in [0, 0.1) is 0 Å². The zero-order chi connectivity index (χ0) is 13.2. The minimum Gasteiger partial charge on any atom is -0.495 e. The largest absolute Gasteiger partial charge is 0.495 e. The van der Waals surface area contributed by atoms with Crippen LogP contribution in [-0.4, -0.2) is 38.6 Å². The number of sulfone groups is 1. The number of hydrogen-bond acceptors (Lipinski definition) is 5. The lowest BCUT2D eigenvalue weighted by molar-refractivity contribution is -0.131. The van der Waals surface area contributed by atoms with Crippen molar-refractivity contribution in [3.8, 4) is 5.75 Å². The van der Waals surface area contributed by atoms with Crippen LogP contribution in [0.4, 0.5) is 0 Å². The van der Waals surface area contributed by atoms with Gasteiger partial charge in [-0.15, -0.1) is 0 Å². The first-order valence-corrected chi connectivity index (χ1v) is 6.32. The molecule has 0 fully saturated rings. The molecule has 0 heterocycles. The molecule has 0 radical (unpaired) electrons. The maximum Gasteiger partial charge on any atom is 0.377 e. The van der Waals surface area contributed by atoms with Crippen molar-refractivity contribution in [2.75, 3.05) is 13.4 Å². The molecule has 0 aliphatic rings. The average molecular weight is 258 g/mol. The molecule has 0 saturated heterocycles. The van der Waals surface area contributed by atoms with Crippen LogP contribution in [0.25, 0.3) is 0 Å². The zero-order valence-corrected chi connectivity index (χ0v) is 9.95. The molecular formula is C10H10O6S. The third kappa shape index (κ3) is 2.82. The molecule has 0 aliphatic heterocycles. The third-order valence-electron chi connectivity index (χ3n) is 2.02. The highest BCUT2D eigenvalue weighted by molar-refractivity contribution is 7.90. The van der Waals surface area contributed by atoms with Gasteiger partial charge in [-0.05, 0) is 18.2 Å². The summed E-state index contributed by atoms with van der Waals surface area (Å²) >= 11 is 0. The molecular weight excluding hydrogens is 248 g/mol. The lowest BCUT2D eigenvalue weighted by atomic mass is 10.1. The molecule has 17 heavy (non-hydrogen) atoms. The van der Waals surface area contributed by atoms with E-state index < -0.39 is 21.6 Å². The SMILES string of the molecule is COc1cc(C(=O)C(=O)O)ccc1S(C)(=O)=O. The van der Waals surface area contributed by atoms with Crippen LogP contribution >= 0.6 is 0 Å². The number of rotatable bonds is 4. The number of carbonyl (C=O) groups is 2. The van der Waals surface area contributed by atoms with Gasteiger partial charge < -0.3 is 9.84 Å². The summed E-state index contributed by atoms with van der Waals surface area (Å²) in [4.78, 5) is 21.5. The molecule has 0 spiro atoms. The number of benzene rings is 1. The van der Waals surface area contributed by atoms with Gasteiger partial charge in [-0.25, -0.2) is 13.2 Å². The molecule has 1 aromatic carbocycles. The summed E-state index contributed by atoms with van der Waals surface area (Å²) in [6.07, 6.45) is 0.990. The Morgan fingerprint density at radius 2 is 1.88 bits per heavy atom. The number of ketones is 1. The molecule has 1 rings (SSSR count). The number of Topliss-reactive ketones (excluding diaryl/α,β-unsaturated/α-hetero) is 1. The molecule has 0 amide bonds. The Labute approximate surface area is 97.7 Å². The number of carbonyl (C=O) groups excluding carboxylic acids is 1. The Hall–Kier alpha value is -1.89. The Kier molecular flexibility index (Phi) is 3.52. The van der Waals surface area contributed by atoms with Crippen LogP contribution in [0.2, 0.25) is 0 Å². The first-order chi connectivity index (χ1) is 7.77. The monoisotopic (exact) mass is 258 g/mol. The quantitative estimate of drug-likeness (QED) is 0.618. The summed E-state index contributed by atoms with van der Waals surface area (Å²) in [5.41, 5.74) is -0.137. The van der Waals surface area contributed by atoms with Gasteiger partial charge in [0.25, 0.3) is 5.78 Å². The Morgan fingerprint density at radius 1 is 1.29 bits per heavy atom. The summed E-state index contributed by atoms with van der Waals surface area (Å²) in [7, 11) is -2.26. The summed E-state index contributed by atoms with van der Waals surface area (Å²) in [5, 5.41) is 8.52. The van der Waals surface area contributed by atoms with Gasteiger partial charge in [-0.2, -0.15) is 0 Å². The molecule has 92 valence electrons. The molecule has 1 N–H and O–H groups in total. The van der Waals surface area contributed by atoms with Crippen LogP contribution < -0.4 is 4.74 Å². The van der Waals surface area contributed by atoms with Crippen LogP contribution in [0.3, 0.4) is 0 Å². The second-order valence-corrected chi connectivity index (χ2v) is 5.26. The van der Waals surface area contributed by atoms with Gasteiger partial charge in [-0.1, -0.05) is 0 Å². The maximum absolute atomic E-state index is 11.3. The zero-order valence-electron chi connectivity index (χ0n) is 9.13. The summed E-state index contributed by atoms with van der Waals surface area (Å²) in [6.45, 7) is 0. The molecule has 0 unspecified atom stereocenters. The van der Waals surface area contributed by atoms with Crippen molar-refractivity contribution in [2.45, 2.75) is 4.90 Å². The number of aliphatic carboxylic acids is 1. The lowest BCUT2D eigenvalue weighted by Gasteiger charge is -2.07. The number of hydrogen-bond donors (Lipinski definition) is 1. The predicted octanol–water partition coefficient (Wildman–Crippen LogP) is 0.366. The minimum absolute atomic E-state index is 0.0559. The maximum atomic E-state index is 11.3. The first kappa shape index (κ1) is 13.2. The van der Waals surface area contributed by atoms with Crippen LogP contribution in [0.1, 0.15) is 10.4 Å². The molecule has 1 aromatic rings. The van der Waals surface area contributed by atoms with E-state index in [0.717, 1.165) is 24.5 Å². The Bertz CT molecular complexity index is 572. The number of methoxy groups -OCH3 is 1. The van der Waals surface area contributed by atoms with Gasteiger partial charge in [0.05, 0.1) is 7.11 Å². The molecule has 0 atom stereocenters. The van der Waals surface area contributed by atoms with Crippen LogP contribution in [0.15, 0.2) is 23.1 Å². The van der Waals surface area contributed by atoms with E-state index in [1.54, 1.807) is 0 Å². The average Bonchev–Trinajstić information content (AvgIpc) is 2.25. The second-order valence-electron chi connectivity index (χ2n) is 3.27. The van der Waals surface area contributed by atoms with Crippen molar-refractivity contribution >= 4 is 21.6 Å². The van der Waals surface area contributed by atoms with E-state index in [0.29, 0.717) is 0 Å². The van der Waals surface area contributed by atoms with Crippen molar-refractivity contribution in [2.24, 2.45) is 0 Å². The molecule has 0 aromatic heterocycles. The smallest absolute Gasteiger partial charge is 0.377 e. The lowest BCUT2D eigenvalue weighted by Crippen LogP contribution is -2.13. The Balaban J connectivity index is 3.37. The standard InChI is InChI=1S/C10H10O6S/c1-16-7-5-6(9(11)10(12)13)3-4-8(7)17(2,14)15/h3-5H,1-2H3,(H,12,13). The van der Waals surface area contributed by atoms with Gasteiger partial charge >= 0.3 is 5.97 Å². The number of carboxylic acids is 1. The molecule has 0 saturated carbocycles. The second kappa shape index (κ2) is 4.54. The molecule has 0 aliphatic carbocycles. The van der Waals surface area contributed by atoms with Crippen molar-refractivity contribution in [1.29, 1.82) is 0 Å². The van der Waals surface area contributed by atoms with Gasteiger partial charge in [0.2, 0.25) is 0 Å². The highest BCUT2D eigenvalue weighted by atomic mass is 32.2. The van der Waals surface area contributed by atoms with Gasteiger partial charge in [-0.3, -0.25) is 4.79 Å². The molecule has 7 heteroatoms. The van der Waals surface area contributed by atoms with E-state index in [-0.39, 0.29) is 16.2 Å². The Morgan fingerprint density at radius 3 is 2.29 bits per heavy atom. The fourth-order valence-electron chi connectivity index (χ4n) is 1.24. The van der Waals surface area contributed by atoms with Crippen molar-refractivity contribution < 1.29 is 27.9 Å². The fraction of sp³-hybridized carbons (Fsp3) is 0.200. The first-order valence-electron chi connectivity index (χ1n) is 4.43. The van der Waals surface area contributed by atoms with Gasteiger partial charge in [0.15, 0.2) is 9.84 Å². The predicted molar refractivity (Wildman–Crippen MR) is 58.1 cm³/mol. The number of ether oxygens (including phenoxy) is 1. The van der Waals surface area contributed by atoms with Gasteiger partial charge in [0.1, 0.15) is 10.6 Å². The van der Waals surface area contributed by atoms with E-state index in [1.165, 1.54) is 7.11 Å². The molecule has 6 nitrogen and oxygen atoms in total. The van der Waals surface area contributed by atoms with Crippen molar-refractivity contribution in [1.82, 2.24) is 0 Å². The third-order valence-corrected chi connectivity index (χ3v) is 3.16. The fourth-order valence-corrected chi connectivity index (χ4v) is 2.06. The van der Waals surface area contributed by atoms with Crippen LogP contribution in [-0.2, 0) is 14.6 Å². The summed E-state index contributed by atoms with van der Waals surface area (Å²) < 4.78 is 27.5. The van der Waals surface area contributed by atoms with Crippen LogP contribution in [0.5, 0.6) is 5.75 Å². The normalized spacial score (nSPS) is 10.9. The summed E-state index contributed by atoms with van der Waals surface area (Å²) in [5.74, 6) is -2.79. The van der Waals surface area contributed by atoms with E-state index in [1.807, 2.05) is 0 Å². The van der Waals surface area contributed by atoms with Crippen molar-refractivity contribution in [3.05, 3.63) is 23.8 Å². The molecule has 0 bridgehead atoms. The van der Waals surface area contributed by atoms with Gasteiger partial charge in [0, 0.05) is 11.8 Å². The summed E-state index contributed by atoms with van der Waals surface area (Å²) in [6, 6.07) is 3.37. The topological polar surface area (TPSA) is 97.7 Å². The van der Waals surface area contributed by atoms with E-state index in [4.69, 9.17) is 9.84 Å².